The van der Waals surface area contributed by atoms with E-state index in [1.807, 2.05) is 0 Å². The number of carbonyl (C=O) groups excluding carboxylic acids is 1. The molecule has 3 N–H and O–H groups in total. The minimum absolute atomic E-state index is 0.0508. The van der Waals surface area contributed by atoms with Crippen LogP contribution in [0.4, 0.5) is 0 Å². The van der Waals surface area contributed by atoms with Crippen molar-refractivity contribution in [3.05, 3.63) is 0 Å². The summed E-state index contributed by atoms with van der Waals surface area (Å²) < 4.78 is 0. The van der Waals surface area contributed by atoms with Gasteiger partial charge in [0.1, 0.15) is 5.78 Å². The molecular weight excluding hydrogens is 118 g/mol. The van der Waals surface area contributed by atoms with Crippen LogP contribution in [0.25, 0.3) is 0 Å². The quantitative estimate of drug-likeness (QED) is 0.517. The van der Waals surface area contributed by atoms with E-state index in [4.69, 9.17) is 10.8 Å². The second-order valence-corrected chi connectivity index (χ2v) is 2.75. The molecule has 0 amide bonds. The van der Waals surface area contributed by atoms with Crippen LogP contribution in [0.3, 0.4) is 0 Å². The summed E-state index contributed by atoms with van der Waals surface area (Å²) in [7, 11) is 0. The number of nitrogens with two attached hydrogens (primary N) is 1. The number of aliphatic hydroxyl groups is 1. The van der Waals surface area contributed by atoms with Gasteiger partial charge in [0.25, 0.3) is 0 Å². The highest BCUT2D eigenvalue weighted by Crippen LogP contribution is 2.35. The van der Waals surface area contributed by atoms with Crippen molar-refractivity contribution in [3.63, 3.8) is 0 Å². The van der Waals surface area contributed by atoms with E-state index in [1.165, 1.54) is 0 Å². The van der Waals surface area contributed by atoms with Crippen LogP contribution in [0.2, 0.25) is 0 Å². The first-order chi connectivity index (χ1) is 4.22. The molecule has 1 fully saturated rings. The van der Waals surface area contributed by atoms with E-state index in [0.29, 0.717) is 19.4 Å². The fraction of sp³-hybridized carbons (Fsp3) is 0.833. The second kappa shape index (κ2) is 2.08. The third kappa shape index (κ3) is 0.976. The Bertz CT molecular complexity index is 119. The maximum Gasteiger partial charge on any atom is 0.134 e. The van der Waals surface area contributed by atoms with Crippen molar-refractivity contribution in [1.29, 1.82) is 0 Å². The molecule has 9 heavy (non-hydrogen) atoms. The van der Waals surface area contributed by atoms with Gasteiger partial charge in [0.15, 0.2) is 0 Å². The van der Waals surface area contributed by atoms with Gasteiger partial charge in [-0.15, -0.1) is 0 Å². The van der Waals surface area contributed by atoms with E-state index in [0.717, 1.165) is 0 Å². The van der Waals surface area contributed by atoms with Crippen molar-refractivity contribution in [1.82, 2.24) is 0 Å². The van der Waals surface area contributed by atoms with Crippen LogP contribution in [0.1, 0.15) is 12.8 Å². The van der Waals surface area contributed by atoms with E-state index >= 15 is 0 Å². The minimum atomic E-state index is -0.239. The Labute approximate surface area is 53.9 Å². The van der Waals surface area contributed by atoms with E-state index in [9.17, 15) is 4.79 Å². The third-order valence-corrected chi connectivity index (χ3v) is 1.91. The monoisotopic (exact) mass is 129 g/mol. The molecule has 1 rings (SSSR count). The number of hydrogen-bond acceptors (Lipinski definition) is 3. The number of aliphatic hydroxyl groups excluding tert-OH is 1. The number of carbonyl (C=O) groups is 1. The molecule has 0 radical (unpaired) electrons. The Balaban J connectivity index is 2.44. The summed E-state index contributed by atoms with van der Waals surface area (Å²) >= 11 is 0. The first kappa shape index (κ1) is 6.71. The van der Waals surface area contributed by atoms with Crippen molar-refractivity contribution in [2.24, 2.45) is 11.1 Å². The van der Waals surface area contributed by atoms with Crippen LogP contribution < -0.4 is 5.73 Å². The van der Waals surface area contributed by atoms with Gasteiger partial charge in [-0.2, -0.15) is 0 Å². The van der Waals surface area contributed by atoms with Crippen molar-refractivity contribution >= 4 is 5.78 Å². The summed E-state index contributed by atoms with van der Waals surface area (Å²) in [6, 6.07) is 0. The average Bonchev–Trinajstić information content (AvgIpc) is 1.81. The molecule has 0 aromatic carbocycles. The van der Waals surface area contributed by atoms with Crippen molar-refractivity contribution in [3.8, 4) is 0 Å². The predicted octanol–water partition coefficient (Wildman–Crippen LogP) is -0.713. The Morgan fingerprint density at radius 2 is 2.22 bits per heavy atom. The SMILES string of the molecule is NCC1(CO)CC(=O)C1. The maximum atomic E-state index is 10.5. The number of Topliss-reactive ketones (excluding diaryl/α,β-unsaturated/α-hetero) is 1. The van der Waals surface area contributed by atoms with Gasteiger partial charge in [-0.3, -0.25) is 4.79 Å². The molecule has 52 valence electrons. The lowest BCUT2D eigenvalue weighted by Gasteiger charge is -2.37. The van der Waals surface area contributed by atoms with Crippen LogP contribution in [-0.4, -0.2) is 24.0 Å². The summed E-state index contributed by atoms with van der Waals surface area (Å²) in [6.07, 6.45) is 0.944. The van der Waals surface area contributed by atoms with Gasteiger partial charge in [-0.25, -0.2) is 0 Å². The standard InChI is InChI=1S/C6H11NO2/c7-3-6(4-8)1-5(9)2-6/h8H,1-4,7H2. The minimum Gasteiger partial charge on any atom is -0.396 e. The molecule has 1 aliphatic carbocycles. The topological polar surface area (TPSA) is 63.3 Å². The third-order valence-electron chi connectivity index (χ3n) is 1.91. The summed E-state index contributed by atoms with van der Waals surface area (Å²) in [4.78, 5) is 10.5. The van der Waals surface area contributed by atoms with E-state index in [1.54, 1.807) is 0 Å². The Kier molecular flexibility index (Phi) is 1.55. The molecule has 0 aromatic rings. The molecule has 0 aromatic heterocycles. The van der Waals surface area contributed by atoms with Gasteiger partial charge >= 0.3 is 0 Å². The molecule has 3 heteroatoms. The highest BCUT2D eigenvalue weighted by atomic mass is 16.3. The molecule has 0 heterocycles. The Hall–Kier alpha value is -0.410. The van der Waals surface area contributed by atoms with Crippen LogP contribution >= 0.6 is 0 Å². The fourth-order valence-electron chi connectivity index (χ4n) is 1.11. The van der Waals surface area contributed by atoms with Crippen LogP contribution in [0.15, 0.2) is 0 Å². The average molecular weight is 129 g/mol. The van der Waals surface area contributed by atoms with E-state index < -0.39 is 0 Å². The van der Waals surface area contributed by atoms with Gasteiger partial charge in [-0.1, -0.05) is 0 Å². The van der Waals surface area contributed by atoms with E-state index in [2.05, 4.69) is 0 Å². The highest BCUT2D eigenvalue weighted by molar-refractivity contribution is 5.86. The molecule has 1 saturated carbocycles. The summed E-state index contributed by atoms with van der Waals surface area (Å²) in [5.41, 5.74) is 5.09. The summed E-state index contributed by atoms with van der Waals surface area (Å²) in [5, 5.41) is 8.72. The number of ketones is 1. The lowest BCUT2D eigenvalue weighted by molar-refractivity contribution is -0.134. The smallest absolute Gasteiger partial charge is 0.134 e. The molecule has 0 saturated heterocycles. The normalized spacial score (nSPS) is 23.6. The molecule has 1 aliphatic rings. The van der Waals surface area contributed by atoms with E-state index in [-0.39, 0.29) is 17.8 Å². The Morgan fingerprint density at radius 3 is 2.33 bits per heavy atom. The zero-order chi connectivity index (χ0) is 6.91. The van der Waals surface area contributed by atoms with Gasteiger partial charge in [0, 0.05) is 24.8 Å². The molecule has 0 unspecified atom stereocenters. The molecule has 0 atom stereocenters. The van der Waals surface area contributed by atoms with Crippen LogP contribution in [0, 0.1) is 5.41 Å². The molecule has 0 aliphatic heterocycles. The Morgan fingerprint density at radius 1 is 1.67 bits per heavy atom. The first-order valence-corrected chi connectivity index (χ1v) is 3.05. The zero-order valence-electron chi connectivity index (χ0n) is 5.26. The van der Waals surface area contributed by atoms with Gasteiger partial charge in [-0.05, 0) is 0 Å². The van der Waals surface area contributed by atoms with Crippen LogP contribution in [0.5, 0.6) is 0 Å². The largest absolute Gasteiger partial charge is 0.396 e. The van der Waals surface area contributed by atoms with Crippen molar-refractivity contribution in [2.75, 3.05) is 13.2 Å². The maximum absolute atomic E-state index is 10.5. The number of rotatable bonds is 2. The zero-order valence-corrected chi connectivity index (χ0v) is 5.26. The first-order valence-electron chi connectivity index (χ1n) is 3.05. The van der Waals surface area contributed by atoms with Crippen molar-refractivity contribution < 1.29 is 9.90 Å². The molecule has 3 nitrogen and oxygen atoms in total. The molecule has 0 spiro atoms. The molecule has 0 bridgehead atoms. The summed E-state index contributed by atoms with van der Waals surface area (Å²) in [6.45, 7) is 0.477. The number of hydrogen-bond donors (Lipinski definition) is 2. The van der Waals surface area contributed by atoms with Gasteiger partial charge in [0.2, 0.25) is 0 Å². The van der Waals surface area contributed by atoms with Gasteiger partial charge < -0.3 is 10.8 Å². The lowest BCUT2D eigenvalue weighted by Crippen LogP contribution is -2.46. The van der Waals surface area contributed by atoms with Crippen LogP contribution in [-0.2, 0) is 4.79 Å². The highest BCUT2D eigenvalue weighted by Gasteiger charge is 2.41. The van der Waals surface area contributed by atoms with Gasteiger partial charge in [0.05, 0.1) is 6.61 Å². The molecular formula is C6H11NO2. The second-order valence-electron chi connectivity index (χ2n) is 2.75. The lowest BCUT2D eigenvalue weighted by atomic mass is 9.68. The van der Waals surface area contributed by atoms with Crippen molar-refractivity contribution in [2.45, 2.75) is 12.8 Å². The summed E-state index contributed by atoms with van der Waals surface area (Å²) in [5.74, 6) is 0.217. The predicted molar refractivity (Wildman–Crippen MR) is 32.8 cm³/mol. The fourth-order valence-corrected chi connectivity index (χ4v) is 1.11.